The highest BCUT2D eigenvalue weighted by Crippen LogP contribution is 2.27. The van der Waals surface area contributed by atoms with Crippen molar-refractivity contribution in [1.29, 1.82) is 0 Å². The first-order valence-electron chi connectivity index (χ1n) is 11.2. The molecule has 1 amide bonds. The topological polar surface area (TPSA) is 44.4 Å². The quantitative estimate of drug-likeness (QED) is 0.542. The van der Waals surface area contributed by atoms with Crippen molar-refractivity contribution in [2.75, 3.05) is 18.4 Å². The minimum Gasteiger partial charge on any atom is -0.324 e. The molecule has 2 N–H and O–H groups in total. The molecule has 1 atom stereocenters. The Bertz CT molecular complexity index is 996. The third-order valence-corrected chi connectivity index (χ3v) is 5.97. The fourth-order valence-corrected chi connectivity index (χ4v) is 4.12. The van der Waals surface area contributed by atoms with Crippen LogP contribution in [0.3, 0.4) is 0 Å². The molecule has 31 heavy (non-hydrogen) atoms. The smallest absolute Gasteiger partial charge is 0.241 e. The molecule has 4 rings (SSSR count). The zero-order valence-corrected chi connectivity index (χ0v) is 18.2. The second-order valence-corrected chi connectivity index (χ2v) is 8.26. The Labute approximate surface area is 185 Å². The number of nitrogens with zero attached hydrogens (tertiary/aromatic N) is 1. The largest absolute Gasteiger partial charge is 0.324 e. The van der Waals surface area contributed by atoms with Gasteiger partial charge in [-0.05, 0) is 55.6 Å². The van der Waals surface area contributed by atoms with Gasteiger partial charge in [-0.25, -0.2) is 0 Å². The molecule has 0 spiro atoms. The van der Waals surface area contributed by atoms with E-state index < -0.39 is 0 Å². The van der Waals surface area contributed by atoms with Gasteiger partial charge in [0.05, 0.1) is 6.04 Å². The maximum Gasteiger partial charge on any atom is 0.241 e. The molecule has 3 aromatic rings. The summed E-state index contributed by atoms with van der Waals surface area (Å²) in [4.78, 5) is 15.4. The van der Waals surface area contributed by atoms with Crippen LogP contribution in [0.15, 0.2) is 78.9 Å². The molecule has 3 aromatic carbocycles. The van der Waals surface area contributed by atoms with Gasteiger partial charge < -0.3 is 10.6 Å². The van der Waals surface area contributed by atoms with Gasteiger partial charge in [0.1, 0.15) is 0 Å². The van der Waals surface area contributed by atoms with Crippen LogP contribution in [0.1, 0.15) is 30.9 Å². The summed E-state index contributed by atoms with van der Waals surface area (Å²) in [5.74, 6) is -0.0274. The van der Waals surface area contributed by atoms with E-state index in [2.05, 4.69) is 51.9 Å². The van der Waals surface area contributed by atoms with Crippen molar-refractivity contribution in [3.63, 3.8) is 0 Å². The Morgan fingerprint density at radius 2 is 1.52 bits per heavy atom. The van der Waals surface area contributed by atoms with Gasteiger partial charge in [-0.15, -0.1) is 0 Å². The van der Waals surface area contributed by atoms with Gasteiger partial charge in [0.15, 0.2) is 0 Å². The average Bonchev–Trinajstić information content (AvgIpc) is 3.32. The lowest BCUT2D eigenvalue weighted by Crippen LogP contribution is -2.38. The molecule has 0 bridgehead atoms. The molecule has 1 fully saturated rings. The van der Waals surface area contributed by atoms with Crippen molar-refractivity contribution >= 4 is 11.6 Å². The molecule has 0 aromatic heterocycles. The van der Waals surface area contributed by atoms with Crippen molar-refractivity contribution in [1.82, 2.24) is 10.2 Å². The third kappa shape index (κ3) is 5.60. The summed E-state index contributed by atoms with van der Waals surface area (Å²) in [6.45, 7) is 5.95. The summed E-state index contributed by atoms with van der Waals surface area (Å²) in [7, 11) is 0. The highest BCUT2D eigenvalue weighted by molar-refractivity contribution is 5.98. The lowest BCUT2D eigenvalue weighted by molar-refractivity contribution is -0.117. The Kier molecular flexibility index (Phi) is 7.13. The number of carbonyl (C=O) groups excluding carboxylic acids is 1. The molecule has 1 heterocycles. The molecule has 4 heteroatoms. The number of benzene rings is 3. The Hall–Kier alpha value is -2.95. The van der Waals surface area contributed by atoms with E-state index in [0.29, 0.717) is 6.54 Å². The minimum absolute atomic E-state index is 0.0274. The van der Waals surface area contributed by atoms with Crippen LogP contribution in [0.4, 0.5) is 5.69 Å². The van der Waals surface area contributed by atoms with Crippen LogP contribution in [0, 0.1) is 0 Å². The Morgan fingerprint density at radius 1 is 0.871 bits per heavy atom. The lowest BCUT2D eigenvalue weighted by atomic mass is 10.0. The summed E-state index contributed by atoms with van der Waals surface area (Å²) in [6, 6.07) is 26.3. The van der Waals surface area contributed by atoms with E-state index in [1.54, 1.807) is 0 Å². The van der Waals surface area contributed by atoms with Gasteiger partial charge in [-0.1, -0.05) is 72.8 Å². The van der Waals surface area contributed by atoms with E-state index in [-0.39, 0.29) is 11.9 Å². The summed E-state index contributed by atoms with van der Waals surface area (Å²) >= 11 is 0. The maximum atomic E-state index is 12.9. The molecule has 0 saturated carbocycles. The SMILES string of the molecule is CC(NCc1ccccc1CN1CCCC1)C(=O)Nc1ccccc1-c1ccccc1. The first kappa shape index (κ1) is 21.3. The summed E-state index contributed by atoms with van der Waals surface area (Å²) in [5.41, 5.74) is 5.56. The van der Waals surface area contributed by atoms with Crippen LogP contribution in [-0.4, -0.2) is 29.9 Å². The molecule has 1 unspecified atom stereocenters. The molecule has 0 radical (unpaired) electrons. The van der Waals surface area contributed by atoms with E-state index in [1.807, 2.05) is 49.4 Å². The van der Waals surface area contributed by atoms with Crippen LogP contribution in [0.25, 0.3) is 11.1 Å². The third-order valence-electron chi connectivity index (χ3n) is 5.97. The van der Waals surface area contributed by atoms with Crippen molar-refractivity contribution in [2.45, 2.75) is 38.9 Å². The van der Waals surface area contributed by atoms with Crippen molar-refractivity contribution in [3.05, 3.63) is 90.0 Å². The second-order valence-electron chi connectivity index (χ2n) is 8.26. The lowest BCUT2D eigenvalue weighted by Gasteiger charge is -2.20. The summed E-state index contributed by atoms with van der Waals surface area (Å²) in [5, 5.41) is 6.52. The monoisotopic (exact) mass is 413 g/mol. The van der Waals surface area contributed by atoms with Crippen LogP contribution in [0.2, 0.25) is 0 Å². The molecule has 0 aliphatic carbocycles. The number of nitrogens with one attached hydrogen (secondary N) is 2. The Balaban J connectivity index is 1.38. The number of para-hydroxylation sites is 1. The van der Waals surface area contributed by atoms with E-state index in [4.69, 9.17) is 0 Å². The van der Waals surface area contributed by atoms with Crippen LogP contribution >= 0.6 is 0 Å². The molecular formula is C27H31N3O. The standard InChI is InChI=1S/C27H31N3O/c1-21(28-19-23-13-5-6-14-24(23)20-30-17-9-10-18-30)27(31)29-26-16-8-7-15-25(26)22-11-3-2-4-12-22/h2-8,11-16,21,28H,9-10,17-20H2,1H3,(H,29,31). The highest BCUT2D eigenvalue weighted by atomic mass is 16.2. The number of likely N-dealkylation sites (tertiary alicyclic amines) is 1. The molecule has 4 nitrogen and oxygen atoms in total. The van der Waals surface area contributed by atoms with Gasteiger partial charge in [0, 0.05) is 24.3 Å². The van der Waals surface area contributed by atoms with Crippen molar-refractivity contribution < 1.29 is 4.79 Å². The Morgan fingerprint density at radius 3 is 2.29 bits per heavy atom. The van der Waals surface area contributed by atoms with E-state index >= 15 is 0 Å². The second kappa shape index (κ2) is 10.4. The summed E-state index contributed by atoms with van der Waals surface area (Å²) in [6.07, 6.45) is 2.59. The van der Waals surface area contributed by atoms with Gasteiger partial charge in [-0.3, -0.25) is 9.69 Å². The molecule has 1 aliphatic heterocycles. The summed E-state index contributed by atoms with van der Waals surface area (Å²) < 4.78 is 0. The average molecular weight is 414 g/mol. The molecular weight excluding hydrogens is 382 g/mol. The zero-order valence-electron chi connectivity index (χ0n) is 18.2. The maximum absolute atomic E-state index is 12.9. The molecule has 1 aliphatic rings. The zero-order chi connectivity index (χ0) is 21.5. The van der Waals surface area contributed by atoms with Gasteiger partial charge in [0.2, 0.25) is 5.91 Å². The van der Waals surface area contributed by atoms with Gasteiger partial charge in [-0.2, -0.15) is 0 Å². The number of hydrogen-bond acceptors (Lipinski definition) is 3. The molecule has 1 saturated heterocycles. The van der Waals surface area contributed by atoms with Gasteiger partial charge >= 0.3 is 0 Å². The van der Waals surface area contributed by atoms with Crippen molar-refractivity contribution in [3.8, 4) is 11.1 Å². The normalized spacial score (nSPS) is 15.0. The number of amides is 1. The fraction of sp³-hybridized carbons (Fsp3) is 0.296. The van der Waals surface area contributed by atoms with Gasteiger partial charge in [0.25, 0.3) is 0 Å². The van der Waals surface area contributed by atoms with Crippen LogP contribution in [-0.2, 0) is 17.9 Å². The minimum atomic E-state index is -0.302. The number of anilines is 1. The number of carbonyl (C=O) groups is 1. The van der Waals surface area contributed by atoms with Crippen LogP contribution in [0.5, 0.6) is 0 Å². The predicted octanol–water partition coefficient (Wildman–Crippen LogP) is 5.07. The molecule has 160 valence electrons. The number of rotatable bonds is 8. The predicted molar refractivity (Wildman–Crippen MR) is 128 cm³/mol. The fourth-order valence-electron chi connectivity index (χ4n) is 4.12. The van der Waals surface area contributed by atoms with E-state index in [9.17, 15) is 4.79 Å². The highest BCUT2D eigenvalue weighted by Gasteiger charge is 2.17. The first-order valence-corrected chi connectivity index (χ1v) is 11.2. The van der Waals surface area contributed by atoms with Crippen molar-refractivity contribution in [2.24, 2.45) is 0 Å². The van der Waals surface area contributed by atoms with E-state index in [1.165, 1.54) is 37.1 Å². The van der Waals surface area contributed by atoms with E-state index in [0.717, 1.165) is 23.4 Å². The first-order chi connectivity index (χ1) is 15.2. The number of hydrogen-bond donors (Lipinski definition) is 2. The van der Waals surface area contributed by atoms with Crippen LogP contribution < -0.4 is 10.6 Å².